The van der Waals surface area contributed by atoms with Gasteiger partial charge in [0.2, 0.25) is 11.8 Å². The Balaban J connectivity index is 1.60. The van der Waals surface area contributed by atoms with Gasteiger partial charge in [-0.3, -0.25) is 9.59 Å². The van der Waals surface area contributed by atoms with Crippen molar-refractivity contribution in [2.45, 2.75) is 65.1 Å². The predicted octanol–water partition coefficient (Wildman–Crippen LogP) is 5.25. The van der Waals surface area contributed by atoms with E-state index in [0.717, 1.165) is 34.4 Å². The summed E-state index contributed by atoms with van der Waals surface area (Å²) < 4.78 is 11.4. The number of carbonyl (C=O) groups is 2. The molecular weight excluding hydrogens is 476 g/mol. The molecule has 0 saturated carbocycles. The van der Waals surface area contributed by atoms with Crippen LogP contribution in [0.1, 0.15) is 48.9 Å². The van der Waals surface area contributed by atoms with Crippen LogP contribution in [0, 0.1) is 6.92 Å². The molecule has 0 spiro atoms. The van der Waals surface area contributed by atoms with Gasteiger partial charge < -0.3 is 19.7 Å². The van der Waals surface area contributed by atoms with Crippen molar-refractivity contribution in [3.05, 3.63) is 95.1 Å². The largest absolute Gasteiger partial charge is 0.486 e. The molecule has 1 aliphatic heterocycles. The third-order valence-corrected chi connectivity index (χ3v) is 7.11. The van der Waals surface area contributed by atoms with Crippen LogP contribution in [0.3, 0.4) is 0 Å². The molecule has 0 radical (unpaired) electrons. The van der Waals surface area contributed by atoms with Crippen molar-refractivity contribution in [2.75, 3.05) is 13.2 Å². The second kappa shape index (κ2) is 13.1. The molecule has 1 heterocycles. The summed E-state index contributed by atoms with van der Waals surface area (Å²) in [6.07, 6.45) is 2.10. The number of ether oxygens (including phenoxy) is 2. The lowest BCUT2D eigenvalue weighted by Gasteiger charge is -2.33. The van der Waals surface area contributed by atoms with Gasteiger partial charge in [-0.15, -0.1) is 0 Å². The highest BCUT2D eigenvalue weighted by molar-refractivity contribution is 5.88. The lowest BCUT2D eigenvalue weighted by molar-refractivity contribution is -0.141. The van der Waals surface area contributed by atoms with E-state index in [1.165, 1.54) is 0 Å². The number of carbonyl (C=O) groups excluding carboxylic acids is 2. The molecule has 2 amide bonds. The van der Waals surface area contributed by atoms with Crippen molar-refractivity contribution in [1.29, 1.82) is 0 Å². The highest BCUT2D eigenvalue weighted by Crippen LogP contribution is 2.31. The summed E-state index contributed by atoms with van der Waals surface area (Å²) in [4.78, 5) is 29.3. The Labute approximate surface area is 226 Å². The van der Waals surface area contributed by atoms with Crippen LogP contribution in [0.4, 0.5) is 0 Å². The van der Waals surface area contributed by atoms with Crippen LogP contribution in [-0.2, 0) is 29.0 Å². The van der Waals surface area contributed by atoms with E-state index < -0.39 is 6.04 Å². The van der Waals surface area contributed by atoms with Gasteiger partial charge in [-0.2, -0.15) is 0 Å². The fourth-order valence-corrected chi connectivity index (χ4v) is 4.60. The molecule has 0 saturated heterocycles. The highest BCUT2D eigenvalue weighted by Gasteiger charge is 2.31. The number of benzene rings is 3. The van der Waals surface area contributed by atoms with Gasteiger partial charge in [0.1, 0.15) is 19.3 Å². The summed E-state index contributed by atoms with van der Waals surface area (Å²) in [5.41, 5.74) is 4.15. The van der Waals surface area contributed by atoms with Crippen LogP contribution in [0.5, 0.6) is 11.5 Å². The minimum absolute atomic E-state index is 0.0221. The minimum Gasteiger partial charge on any atom is -0.486 e. The molecule has 1 N–H and O–H groups in total. The zero-order valence-electron chi connectivity index (χ0n) is 22.6. The zero-order chi connectivity index (χ0) is 26.9. The Kier molecular flexibility index (Phi) is 9.41. The predicted molar refractivity (Wildman–Crippen MR) is 149 cm³/mol. The molecule has 4 rings (SSSR count). The summed E-state index contributed by atoms with van der Waals surface area (Å²) in [7, 11) is 0. The van der Waals surface area contributed by atoms with E-state index in [9.17, 15) is 9.59 Å². The number of rotatable bonds is 11. The molecule has 0 aliphatic carbocycles. The quantitative estimate of drug-likeness (QED) is 0.379. The van der Waals surface area contributed by atoms with E-state index in [2.05, 4.69) is 5.32 Å². The van der Waals surface area contributed by atoms with Crippen LogP contribution in [0.25, 0.3) is 0 Å². The Bertz CT molecular complexity index is 1230. The first-order valence-corrected chi connectivity index (χ1v) is 13.5. The van der Waals surface area contributed by atoms with Gasteiger partial charge in [-0.05, 0) is 61.1 Å². The second-order valence-corrected chi connectivity index (χ2v) is 9.95. The Morgan fingerprint density at radius 3 is 2.37 bits per heavy atom. The summed E-state index contributed by atoms with van der Waals surface area (Å²) in [5.74, 6) is 1.28. The standard InChI is InChI=1S/C32H38N2O4/c1-4-24(3)33-32(36)28(20-25-11-6-5-7-12-25)34(22-27-13-9-8-10-23(27)2)31(35)17-15-26-14-16-29-30(21-26)38-19-18-37-29/h5-14,16,21,24,28H,4,15,17-20,22H2,1-3H3,(H,33,36)/t24-,28-/m0/s1. The van der Waals surface area contributed by atoms with Gasteiger partial charge in [0.25, 0.3) is 0 Å². The molecule has 3 aromatic carbocycles. The maximum atomic E-state index is 13.9. The van der Waals surface area contributed by atoms with Gasteiger partial charge in [-0.25, -0.2) is 0 Å². The number of hydrogen-bond acceptors (Lipinski definition) is 4. The lowest BCUT2D eigenvalue weighted by atomic mass is 10.00. The Hall–Kier alpha value is -3.80. The van der Waals surface area contributed by atoms with Crippen molar-refractivity contribution in [1.82, 2.24) is 10.2 Å². The van der Waals surface area contributed by atoms with Crippen LogP contribution in [-0.4, -0.2) is 42.0 Å². The van der Waals surface area contributed by atoms with E-state index in [1.54, 1.807) is 4.90 Å². The van der Waals surface area contributed by atoms with Crippen LogP contribution < -0.4 is 14.8 Å². The average Bonchev–Trinajstić information content (AvgIpc) is 2.94. The summed E-state index contributed by atoms with van der Waals surface area (Å²) in [5, 5.41) is 3.13. The lowest BCUT2D eigenvalue weighted by Crippen LogP contribution is -2.52. The molecule has 0 aromatic heterocycles. The van der Waals surface area contributed by atoms with Crippen molar-refractivity contribution >= 4 is 11.8 Å². The molecule has 6 heteroatoms. The molecule has 6 nitrogen and oxygen atoms in total. The van der Waals surface area contributed by atoms with Gasteiger partial charge in [-0.1, -0.05) is 67.6 Å². The van der Waals surface area contributed by atoms with Gasteiger partial charge in [0.05, 0.1) is 0 Å². The van der Waals surface area contributed by atoms with E-state index >= 15 is 0 Å². The first-order valence-electron chi connectivity index (χ1n) is 13.5. The number of nitrogens with one attached hydrogen (secondary N) is 1. The zero-order valence-corrected chi connectivity index (χ0v) is 22.6. The van der Waals surface area contributed by atoms with Gasteiger partial charge in [0.15, 0.2) is 11.5 Å². The fourth-order valence-electron chi connectivity index (χ4n) is 4.60. The smallest absolute Gasteiger partial charge is 0.243 e. The summed E-state index contributed by atoms with van der Waals surface area (Å²) in [6, 6.07) is 23.2. The molecule has 38 heavy (non-hydrogen) atoms. The normalized spacial score (nSPS) is 13.9. The number of fused-ring (bicyclic) bond motifs is 1. The second-order valence-electron chi connectivity index (χ2n) is 9.95. The monoisotopic (exact) mass is 514 g/mol. The Morgan fingerprint density at radius 1 is 0.921 bits per heavy atom. The van der Waals surface area contributed by atoms with E-state index in [-0.39, 0.29) is 24.3 Å². The minimum atomic E-state index is -0.626. The molecule has 0 unspecified atom stereocenters. The van der Waals surface area contributed by atoms with E-state index in [4.69, 9.17) is 9.47 Å². The molecule has 200 valence electrons. The third kappa shape index (κ3) is 7.15. The van der Waals surface area contributed by atoms with Crippen molar-refractivity contribution in [2.24, 2.45) is 0 Å². The fraction of sp³-hybridized carbons (Fsp3) is 0.375. The third-order valence-electron chi connectivity index (χ3n) is 7.11. The van der Waals surface area contributed by atoms with E-state index in [0.29, 0.717) is 38.3 Å². The average molecular weight is 515 g/mol. The van der Waals surface area contributed by atoms with Crippen molar-refractivity contribution < 1.29 is 19.1 Å². The van der Waals surface area contributed by atoms with Crippen LogP contribution >= 0.6 is 0 Å². The molecule has 0 fully saturated rings. The summed E-state index contributed by atoms with van der Waals surface area (Å²) >= 11 is 0. The maximum Gasteiger partial charge on any atom is 0.243 e. The van der Waals surface area contributed by atoms with Crippen LogP contribution in [0.2, 0.25) is 0 Å². The molecule has 1 aliphatic rings. The van der Waals surface area contributed by atoms with Crippen molar-refractivity contribution in [3.8, 4) is 11.5 Å². The SMILES string of the molecule is CC[C@H](C)NC(=O)[C@H](Cc1ccccc1)N(Cc1ccccc1C)C(=O)CCc1ccc2c(c1)OCCO2. The number of amides is 2. The van der Waals surface area contributed by atoms with Crippen molar-refractivity contribution in [3.63, 3.8) is 0 Å². The highest BCUT2D eigenvalue weighted by atomic mass is 16.6. The molecular formula is C32H38N2O4. The molecule has 3 aromatic rings. The van der Waals surface area contributed by atoms with Gasteiger partial charge >= 0.3 is 0 Å². The Morgan fingerprint density at radius 2 is 1.63 bits per heavy atom. The first-order chi connectivity index (χ1) is 18.4. The topological polar surface area (TPSA) is 67.9 Å². The maximum absolute atomic E-state index is 13.9. The first kappa shape index (κ1) is 27.2. The van der Waals surface area contributed by atoms with Crippen LogP contribution in [0.15, 0.2) is 72.8 Å². The number of nitrogens with zero attached hydrogens (tertiary/aromatic N) is 1. The summed E-state index contributed by atoms with van der Waals surface area (Å²) in [6.45, 7) is 7.51. The molecule has 2 atom stereocenters. The number of hydrogen-bond donors (Lipinski definition) is 1. The van der Waals surface area contributed by atoms with E-state index in [1.807, 2.05) is 93.6 Å². The number of aryl methyl sites for hydroxylation is 2. The van der Waals surface area contributed by atoms with Gasteiger partial charge in [0, 0.05) is 25.4 Å². The molecule has 0 bridgehead atoms.